The summed E-state index contributed by atoms with van der Waals surface area (Å²) in [5, 5.41) is 18.1. The Hall–Kier alpha value is 0.686. The van der Waals surface area contributed by atoms with Crippen molar-refractivity contribution in [1.82, 2.24) is 0 Å². The molecule has 0 aliphatic carbocycles. The van der Waals surface area contributed by atoms with Gasteiger partial charge >= 0.3 is 20.4 Å². The highest BCUT2D eigenvalue weighted by Crippen LogP contribution is 1.93. The molecule has 0 fully saturated rings. The molecular weight excluding hydrogens is 128 g/mol. The molecule has 0 aromatic carbocycles. The molecule has 3 heteroatoms. The van der Waals surface area contributed by atoms with Crippen LogP contribution in [0.2, 0.25) is 0 Å². The molecule has 0 amide bonds. The summed E-state index contributed by atoms with van der Waals surface area (Å²) in [6.45, 7) is 3.89. The summed E-state index contributed by atoms with van der Waals surface area (Å²) < 4.78 is -0.361. The lowest BCUT2D eigenvalue weighted by Crippen LogP contribution is -2.27. The number of hydrogen-bond donors (Lipinski definition) is 2. The summed E-state index contributed by atoms with van der Waals surface area (Å²) in [5.74, 6) is 0. The van der Waals surface area contributed by atoms with Gasteiger partial charge in [0.25, 0.3) is 0 Å². The highest BCUT2D eigenvalue weighted by Gasteiger charge is 2.13. The van der Waals surface area contributed by atoms with E-state index >= 15 is 0 Å². The summed E-state index contributed by atoms with van der Waals surface area (Å²) >= 11 is -0.629. The Morgan fingerprint density at radius 3 is 1.67 bits per heavy atom. The molecule has 2 nitrogen and oxygen atoms in total. The van der Waals surface area contributed by atoms with Gasteiger partial charge in [-0.05, 0) is 8.47 Å². The molecule has 0 aliphatic heterocycles. The van der Waals surface area contributed by atoms with Gasteiger partial charge in [-0.2, -0.15) is 0 Å². The first kappa shape index (κ1) is 9.69. The fraction of sp³-hybridized carbons (Fsp3) is 1.00. The smallest absolute Gasteiger partial charge is 0.421 e. The van der Waals surface area contributed by atoms with E-state index in [-0.39, 0.29) is 8.47 Å². The van der Waals surface area contributed by atoms with E-state index in [1.165, 1.54) is 0 Å². The Morgan fingerprint density at radius 2 is 1.44 bits per heavy atom. The van der Waals surface area contributed by atoms with Crippen LogP contribution in [0.1, 0.15) is 26.7 Å². The molecule has 9 heavy (non-hydrogen) atoms. The maximum atomic E-state index is 9.06. The average Bonchev–Trinajstić information content (AvgIpc) is 1.87. The molecular formula is C6H14MgO2. The van der Waals surface area contributed by atoms with Crippen LogP contribution in [0.15, 0.2) is 0 Å². The van der Waals surface area contributed by atoms with Crippen molar-refractivity contribution in [2.24, 2.45) is 0 Å². The maximum absolute atomic E-state index is 9.06. The number of aliphatic hydroxyl groups is 2. The number of hydrogen-bond acceptors (Lipinski definition) is 2. The SMILES string of the molecule is CC[CH](O)[Mg][CH](O)CC. The van der Waals surface area contributed by atoms with Crippen LogP contribution < -0.4 is 0 Å². The monoisotopic (exact) mass is 142 g/mol. The molecule has 0 saturated heterocycles. The minimum absolute atomic E-state index is 0.181. The normalized spacial score (nSPS) is 16.4. The lowest BCUT2D eigenvalue weighted by molar-refractivity contribution is 0.209. The lowest BCUT2D eigenvalue weighted by atomic mass is 10.5. The van der Waals surface area contributed by atoms with Crippen LogP contribution >= 0.6 is 0 Å². The van der Waals surface area contributed by atoms with E-state index in [2.05, 4.69) is 0 Å². The van der Waals surface area contributed by atoms with Gasteiger partial charge in [0.15, 0.2) is 0 Å². The van der Waals surface area contributed by atoms with Gasteiger partial charge in [0, 0.05) is 0 Å². The molecule has 2 N–H and O–H groups in total. The molecule has 0 radical (unpaired) electrons. The van der Waals surface area contributed by atoms with Gasteiger partial charge in [0.1, 0.15) is 0 Å². The highest BCUT2D eigenvalue weighted by atomic mass is 24.5. The molecule has 0 bridgehead atoms. The number of aliphatic hydroxyl groups excluding tert-OH is 2. The zero-order valence-electron chi connectivity index (χ0n) is 6.17. The minimum Gasteiger partial charge on any atom is -0.421 e. The van der Waals surface area contributed by atoms with E-state index in [1.807, 2.05) is 13.8 Å². The van der Waals surface area contributed by atoms with Crippen LogP contribution in [0.25, 0.3) is 0 Å². The van der Waals surface area contributed by atoms with Gasteiger partial charge in [-0.15, -0.1) is 0 Å². The molecule has 0 aliphatic rings. The zero-order chi connectivity index (χ0) is 7.28. The topological polar surface area (TPSA) is 40.5 Å². The van der Waals surface area contributed by atoms with Crippen molar-refractivity contribution in [3.63, 3.8) is 0 Å². The molecule has 0 heterocycles. The van der Waals surface area contributed by atoms with E-state index in [0.717, 1.165) is 12.8 Å². The molecule has 0 aromatic rings. The molecule has 0 aromatic heterocycles. The standard InChI is InChI=1S/2C3H7O.Mg/c2*1-2-3-4;/h2*3-4H,2H2,1H3;. The largest absolute Gasteiger partial charge is 0.454 e. The van der Waals surface area contributed by atoms with Crippen molar-refractivity contribution in [2.45, 2.75) is 35.2 Å². The Balaban J connectivity index is 3.22. The third-order valence-electron chi connectivity index (χ3n) is 1.49. The summed E-state index contributed by atoms with van der Waals surface area (Å²) in [6.07, 6.45) is 1.59. The van der Waals surface area contributed by atoms with Gasteiger partial charge in [-0.1, -0.05) is 26.7 Å². The van der Waals surface area contributed by atoms with Crippen LogP contribution in [0.3, 0.4) is 0 Å². The van der Waals surface area contributed by atoms with Crippen LogP contribution in [0.5, 0.6) is 0 Å². The van der Waals surface area contributed by atoms with Crippen molar-refractivity contribution in [1.29, 1.82) is 0 Å². The van der Waals surface area contributed by atoms with Crippen molar-refractivity contribution in [2.75, 3.05) is 0 Å². The molecule has 2 unspecified atom stereocenters. The van der Waals surface area contributed by atoms with Gasteiger partial charge in [-0.25, -0.2) is 0 Å². The van der Waals surface area contributed by atoms with Crippen molar-refractivity contribution in [3.05, 3.63) is 0 Å². The van der Waals surface area contributed by atoms with Crippen LogP contribution in [-0.4, -0.2) is 39.0 Å². The van der Waals surface area contributed by atoms with Gasteiger partial charge in [0.05, 0.1) is 0 Å². The molecule has 0 spiro atoms. The third kappa shape index (κ3) is 5.15. The van der Waals surface area contributed by atoms with Gasteiger partial charge in [-0.3, -0.25) is 0 Å². The molecule has 2 atom stereocenters. The molecule has 0 saturated carbocycles. The fourth-order valence-electron chi connectivity index (χ4n) is 0.647. The first-order valence-corrected chi connectivity index (χ1v) is 5.20. The first-order valence-electron chi connectivity index (χ1n) is 3.56. The van der Waals surface area contributed by atoms with E-state index < -0.39 is 20.4 Å². The van der Waals surface area contributed by atoms with E-state index in [0.29, 0.717) is 0 Å². The first-order chi connectivity index (χ1) is 4.20. The van der Waals surface area contributed by atoms with Gasteiger partial charge in [0.2, 0.25) is 0 Å². The van der Waals surface area contributed by atoms with E-state index in [9.17, 15) is 0 Å². The average molecular weight is 142 g/mol. The predicted molar refractivity (Wildman–Crippen MR) is 38.3 cm³/mol. The maximum Gasteiger partial charge on any atom is 0.454 e. The second-order valence-electron chi connectivity index (χ2n) is 2.36. The fourth-order valence-corrected chi connectivity index (χ4v) is 1.94. The second-order valence-corrected chi connectivity index (χ2v) is 4.72. The van der Waals surface area contributed by atoms with E-state index in [1.54, 1.807) is 0 Å². The summed E-state index contributed by atoms with van der Waals surface area (Å²) in [4.78, 5) is 0. The molecule has 52 valence electrons. The number of rotatable bonds is 4. The highest BCUT2D eigenvalue weighted by molar-refractivity contribution is 6.38. The summed E-state index contributed by atoms with van der Waals surface area (Å²) in [7, 11) is 0. The van der Waals surface area contributed by atoms with Crippen molar-refractivity contribution in [3.8, 4) is 0 Å². The summed E-state index contributed by atoms with van der Waals surface area (Å²) in [6, 6.07) is 0. The Labute approximate surface area is 66.0 Å². The van der Waals surface area contributed by atoms with Crippen molar-refractivity contribution >= 4 is 20.4 Å². The van der Waals surface area contributed by atoms with E-state index in [4.69, 9.17) is 10.2 Å². The predicted octanol–water partition coefficient (Wildman–Crippen LogP) is 0.147. The van der Waals surface area contributed by atoms with Crippen LogP contribution in [-0.2, 0) is 0 Å². The minimum atomic E-state index is -0.629. The third-order valence-corrected chi connectivity index (χ3v) is 3.73. The molecule has 0 rings (SSSR count). The van der Waals surface area contributed by atoms with Gasteiger partial charge < -0.3 is 10.2 Å². The Kier molecular flexibility index (Phi) is 5.89. The van der Waals surface area contributed by atoms with Crippen LogP contribution in [0, 0.1) is 0 Å². The quantitative estimate of drug-likeness (QED) is 0.549. The summed E-state index contributed by atoms with van der Waals surface area (Å²) in [5.41, 5.74) is 0. The lowest BCUT2D eigenvalue weighted by Gasteiger charge is -2.08. The Morgan fingerprint density at radius 1 is 1.11 bits per heavy atom. The van der Waals surface area contributed by atoms with Crippen LogP contribution in [0.4, 0.5) is 0 Å². The van der Waals surface area contributed by atoms with Crippen molar-refractivity contribution < 1.29 is 10.2 Å². The second kappa shape index (κ2) is 5.47. The zero-order valence-corrected chi connectivity index (χ0v) is 7.58. The Bertz CT molecular complexity index is 60.1.